The summed E-state index contributed by atoms with van der Waals surface area (Å²) in [5.74, 6) is -1.16. The van der Waals surface area contributed by atoms with Gasteiger partial charge < -0.3 is 24.5 Å². The number of imidazole rings is 1. The summed E-state index contributed by atoms with van der Waals surface area (Å²) in [5.41, 5.74) is 0.206. The van der Waals surface area contributed by atoms with Crippen molar-refractivity contribution in [2.45, 2.75) is 51.5 Å². The van der Waals surface area contributed by atoms with Crippen LogP contribution in [0.15, 0.2) is 36.4 Å². The Kier molecular flexibility index (Phi) is 6.11. The van der Waals surface area contributed by atoms with Crippen LogP contribution in [0.5, 0.6) is 5.75 Å². The molecule has 2 N–H and O–H groups in total. The smallest absolute Gasteiger partial charge is 0.408 e. The molecule has 0 unspecified atom stereocenters. The zero-order chi connectivity index (χ0) is 24.8. The maximum absolute atomic E-state index is 13.2. The minimum atomic E-state index is -3.16. The second kappa shape index (κ2) is 8.75. The predicted molar refractivity (Wildman–Crippen MR) is 120 cm³/mol. The van der Waals surface area contributed by atoms with Gasteiger partial charge in [-0.2, -0.15) is 8.78 Å². The van der Waals surface area contributed by atoms with Crippen molar-refractivity contribution in [3.8, 4) is 5.75 Å². The molecule has 34 heavy (non-hydrogen) atoms. The van der Waals surface area contributed by atoms with Crippen molar-refractivity contribution in [3.05, 3.63) is 58.4 Å². The number of halogens is 3. The fraction of sp³-hybridized carbons (Fsp3) is 0.348. The van der Waals surface area contributed by atoms with Crippen molar-refractivity contribution < 1.29 is 33.0 Å². The summed E-state index contributed by atoms with van der Waals surface area (Å²) in [5, 5.41) is 13.0. The van der Waals surface area contributed by atoms with Crippen LogP contribution < -0.4 is 10.1 Å². The number of nitrogens with zero attached hydrogens (tertiary/aromatic N) is 2. The van der Waals surface area contributed by atoms with Gasteiger partial charge in [0, 0.05) is 17.0 Å². The Labute approximate surface area is 198 Å². The Morgan fingerprint density at radius 3 is 2.65 bits per heavy atom. The molecule has 0 radical (unpaired) electrons. The second-order valence-electron chi connectivity index (χ2n) is 8.82. The number of carboxylic acids is 1. The van der Waals surface area contributed by atoms with E-state index >= 15 is 0 Å². The molecule has 0 saturated carbocycles. The van der Waals surface area contributed by atoms with E-state index in [1.165, 1.54) is 18.2 Å². The van der Waals surface area contributed by atoms with Crippen molar-refractivity contribution in [1.29, 1.82) is 0 Å². The predicted octanol–water partition coefficient (Wildman–Crippen LogP) is 5.55. The van der Waals surface area contributed by atoms with Crippen LogP contribution in [0.4, 0.5) is 13.6 Å². The van der Waals surface area contributed by atoms with Gasteiger partial charge in [-0.05, 0) is 51.1 Å². The van der Waals surface area contributed by atoms with Crippen molar-refractivity contribution in [2.24, 2.45) is 0 Å². The normalized spacial score (nSPS) is 17.6. The van der Waals surface area contributed by atoms with E-state index in [2.05, 4.69) is 15.0 Å². The van der Waals surface area contributed by atoms with E-state index in [0.29, 0.717) is 21.9 Å². The van der Waals surface area contributed by atoms with Crippen LogP contribution >= 0.6 is 11.6 Å². The average Bonchev–Trinajstić information content (AvgIpc) is 3.23. The van der Waals surface area contributed by atoms with Crippen LogP contribution in [0.2, 0.25) is 5.02 Å². The van der Waals surface area contributed by atoms with Gasteiger partial charge in [-0.3, -0.25) is 0 Å². The number of benzene rings is 2. The summed E-state index contributed by atoms with van der Waals surface area (Å²) in [6, 6.07) is 7.43. The van der Waals surface area contributed by atoms with E-state index in [1.54, 1.807) is 43.5 Å². The number of rotatable bonds is 5. The molecule has 0 spiro atoms. The monoisotopic (exact) mass is 493 g/mol. The quantitative estimate of drug-likeness (QED) is 0.483. The molecule has 8 nitrogen and oxygen atoms in total. The maximum Gasteiger partial charge on any atom is 0.408 e. The lowest BCUT2D eigenvalue weighted by Crippen LogP contribution is -2.34. The number of nitrogens with one attached hydrogen (secondary N) is 1. The third-order valence-corrected chi connectivity index (χ3v) is 5.53. The molecule has 0 aliphatic carbocycles. The zero-order valence-electron chi connectivity index (χ0n) is 18.5. The molecule has 1 aliphatic rings. The van der Waals surface area contributed by atoms with Crippen molar-refractivity contribution >= 4 is 34.7 Å². The van der Waals surface area contributed by atoms with Gasteiger partial charge in [-0.1, -0.05) is 17.7 Å². The largest absolute Gasteiger partial charge is 0.478 e. The lowest BCUT2D eigenvalue weighted by Gasteiger charge is -2.22. The Hall–Kier alpha value is -3.40. The maximum atomic E-state index is 13.2. The van der Waals surface area contributed by atoms with Gasteiger partial charge in [-0.25, -0.2) is 14.6 Å². The summed E-state index contributed by atoms with van der Waals surface area (Å²) < 4.78 is 38.1. The summed E-state index contributed by atoms with van der Waals surface area (Å²) in [4.78, 5) is 29.1. The lowest BCUT2D eigenvalue weighted by atomic mass is 9.96. The standard InChI is InChI=1S/C23H22ClF2N3O5/c1-23(2,3)34-22(32)28-14-10-16(29-15-9-11(24)7-8-13(15)27-19(14)29)18-12(20(30)31)5-4-6-17(18)33-21(25)26/h4-9,14,16,21H,10H2,1-3H3,(H,28,32)(H,30,31)/t14-,16-/m1/s1. The Morgan fingerprint density at radius 1 is 1.26 bits per heavy atom. The number of hydrogen-bond donors (Lipinski definition) is 2. The van der Waals surface area contributed by atoms with E-state index in [9.17, 15) is 23.5 Å². The number of alkyl carbamates (subject to hydrolysis) is 1. The number of amides is 1. The van der Waals surface area contributed by atoms with Gasteiger partial charge in [0.05, 0.1) is 28.7 Å². The highest BCUT2D eigenvalue weighted by atomic mass is 35.5. The molecule has 2 aromatic carbocycles. The van der Waals surface area contributed by atoms with Crippen LogP contribution in [-0.2, 0) is 4.74 Å². The average molecular weight is 494 g/mol. The van der Waals surface area contributed by atoms with Gasteiger partial charge in [-0.15, -0.1) is 0 Å². The number of carboxylic acid groups (broad SMARTS) is 1. The molecule has 1 amide bonds. The highest BCUT2D eigenvalue weighted by Gasteiger charge is 2.40. The first-order valence-corrected chi connectivity index (χ1v) is 10.8. The fourth-order valence-electron chi connectivity index (χ4n) is 4.19. The van der Waals surface area contributed by atoms with Crippen LogP contribution in [0, 0.1) is 0 Å². The highest BCUT2D eigenvalue weighted by Crippen LogP contribution is 2.45. The van der Waals surface area contributed by atoms with Crippen LogP contribution in [0.3, 0.4) is 0 Å². The van der Waals surface area contributed by atoms with Crippen LogP contribution in [-0.4, -0.2) is 38.9 Å². The molecular formula is C23H22ClF2N3O5. The SMILES string of the molecule is CC(C)(C)OC(=O)N[C@@H]1C[C@H](c2c(OC(F)F)cccc2C(=O)O)n2c1nc1ccc(Cl)cc12. The molecule has 0 fully saturated rings. The minimum absolute atomic E-state index is 0.0457. The molecule has 1 aromatic heterocycles. The fourth-order valence-corrected chi connectivity index (χ4v) is 4.35. The number of aromatic nitrogens is 2. The Bertz CT molecular complexity index is 1270. The molecule has 0 saturated heterocycles. The molecule has 1 aliphatic heterocycles. The number of fused-ring (bicyclic) bond motifs is 3. The van der Waals surface area contributed by atoms with E-state index in [-0.39, 0.29) is 23.3 Å². The number of aromatic carboxylic acids is 1. The summed E-state index contributed by atoms with van der Waals surface area (Å²) in [6.45, 7) is 2.00. The number of ether oxygens (including phenoxy) is 2. The van der Waals surface area contributed by atoms with E-state index < -0.39 is 36.4 Å². The van der Waals surface area contributed by atoms with Crippen LogP contribution in [0.25, 0.3) is 11.0 Å². The summed E-state index contributed by atoms with van der Waals surface area (Å²) >= 11 is 6.20. The summed E-state index contributed by atoms with van der Waals surface area (Å²) in [7, 11) is 0. The highest BCUT2D eigenvalue weighted by molar-refractivity contribution is 6.31. The van der Waals surface area contributed by atoms with Gasteiger partial charge in [0.25, 0.3) is 0 Å². The molecule has 0 bridgehead atoms. The third-order valence-electron chi connectivity index (χ3n) is 5.30. The molecular weight excluding hydrogens is 472 g/mol. The first-order chi connectivity index (χ1) is 15.9. The van der Waals surface area contributed by atoms with Gasteiger partial charge in [0.1, 0.15) is 17.2 Å². The number of alkyl halides is 2. The van der Waals surface area contributed by atoms with Crippen molar-refractivity contribution in [2.75, 3.05) is 0 Å². The number of carbonyl (C=O) groups is 2. The zero-order valence-corrected chi connectivity index (χ0v) is 19.3. The van der Waals surface area contributed by atoms with Gasteiger partial charge >= 0.3 is 18.7 Å². The topological polar surface area (TPSA) is 103 Å². The number of carbonyl (C=O) groups excluding carboxylic acids is 1. The third kappa shape index (κ3) is 4.63. The van der Waals surface area contributed by atoms with Crippen LogP contribution in [0.1, 0.15) is 61.0 Å². The number of hydrogen-bond acceptors (Lipinski definition) is 5. The Balaban J connectivity index is 1.88. The Morgan fingerprint density at radius 2 is 2.00 bits per heavy atom. The van der Waals surface area contributed by atoms with Crippen molar-refractivity contribution in [3.63, 3.8) is 0 Å². The van der Waals surface area contributed by atoms with Gasteiger partial charge in [0.15, 0.2) is 0 Å². The van der Waals surface area contributed by atoms with E-state index in [4.69, 9.17) is 16.3 Å². The first kappa shape index (κ1) is 23.7. The van der Waals surface area contributed by atoms with Crippen molar-refractivity contribution in [1.82, 2.24) is 14.9 Å². The minimum Gasteiger partial charge on any atom is -0.478 e. The molecule has 4 rings (SSSR count). The lowest BCUT2D eigenvalue weighted by molar-refractivity contribution is -0.0507. The molecule has 11 heteroatoms. The van der Waals surface area contributed by atoms with E-state index in [0.717, 1.165) is 0 Å². The van der Waals surface area contributed by atoms with Gasteiger partial charge in [0.2, 0.25) is 0 Å². The molecule has 180 valence electrons. The first-order valence-electron chi connectivity index (χ1n) is 10.4. The summed E-state index contributed by atoms with van der Waals surface area (Å²) in [6.07, 6.45) is -0.557. The molecule has 3 aromatic rings. The molecule has 2 heterocycles. The molecule has 2 atom stereocenters. The second-order valence-corrected chi connectivity index (χ2v) is 9.26. The van der Waals surface area contributed by atoms with E-state index in [1.807, 2.05) is 0 Å².